The van der Waals surface area contributed by atoms with E-state index in [-0.39, 0.29) is 17.9 Å². The van der Waals surface area contributed by atoms with Gasteiger partial charge in [-0.25, -0.2) is 4.79 Å². The molecule has 7 heteroatoms. The summed E-state index contributed by atoms with van der Waals surface area (Å²) in [7, 11) is 0. The molecule has 2 heterocycles. The molecular weight excluding hydrogens is 356 g/mol. The highest BCUT2D eigenvalue weighted by Gasteiger charge is 2.34. The number of aromatic nitrogens is 2. The van der Waals surface area contributed by atoms with Crippen LogP contribution in [0.4, 0.5) is 10.5 Å². The Bertz CT molecular complexity index is 982. The topological polar surface area (TPSA) is 88.3 Å². The molecule has 28 heavy (non-hydrogen) atoms. The van der Waals surface area contributed by atoms with Gasteiger partial charge in [-0.15, -0.1) is 0 Å². The molecule has 2 aromatic carbocycles. The number of nitrogens with zero attached hydrogens (tertiary/aromatic N) is 3. The van der Waals surface area contributed by atoms with Crippen molar-refractivity contribution in [3.8, 4) is 11.4 Å². The average Bonchev–Trinajstić information content (AvgIpc) is 3.38. The summed E-state index contributed by atoms with van der Waals surface area (Å²) < 4.78 is 5.46. The Morgan fingerprint density at radius 2 is 1.86 bits per heavy atom. The summed E-state index contributed by atoms with van der Waals surface area (Å²) in [6.45, 7) is 2.13. The van der Waals surface area contributed by atoms with Gasteiger partial charge in [0.05, 0.1) is 0 Å². The number of nitrogens with one attached hydrogen (secondary N) is 1. The molecule has 142 valence electrons. The lowest BCUT2D eigenvalue weighted by Gasteiger charge is -2.22. The molecular formula is C21H20N4O3. The number of carbonyl (C=O) groups excluding carboxylic acids is 2. The number of Topliss-reactive ketones (excluding diaryl/α,β-unsaturated/α-hetero) is 1. The predicted molar refractivity (Wildman–Crippen MR) is 104 cm³/mol. The largest absolute Gasteiger partial charge is 0.337 e. The minimum absolute atomic E-state index is 0.0110. The molecule has 2 amide bonds. The molecule has 0 unspecified atom stereocenters. The van der Waals surface area contributed by atoms with Gasteiger partial charge >= 0.3 is 6.03 Å². The summed E-state index contributed by atoms with van der Waals surface area (Å²) in [6, 6.07) is 16.0. The number of ketones is 1. The predicted octanol–water partition coefficient (Wildman–Crippen LogP) is 4.31. The van der Waals surface area contributed by atoms with Crippen LogP contribution in [0, 0.1) is 0 Å². The zero-order valence-electron chi connectivity index (χ0n) is 15.5. The number of urea groups is 1. The van der Waals surface area contributed by atoms with Crippen molar-refractivity contribution in [1.29, 1.82) is 0 Å². The monoisotopic (exact) mass is 376 g/mol. The van der Waals surface area contributed by atoms with Crippen molar-refractivity contribution in [3.63, 3.8) is 0 Å². The number of rotatable bonds is 4. The van der Waals surface area contributed by atoms with Crippen LogP contribution in [0.1, 0.15) is 42.1 Å². The molecule has 1 aliphatic rings. The van der Waals surface area contributed by atoms with Crippen molar-refractivity contribution < 1.29 is 14.1 Å². The normalized spacial score (nSPS) is 16.2. The molecule has 4 rings (SSSR count). The van der Waals surface area contributed by atoms with Crippen LogP contribution in [0.5, 0.6) is 0 Å². The van der Waals surface area contributed by atoms with Crippen LogP contribution in [0.15, 0.2) is 59.1 Å². The zero-order valence-corrected chi connectivity index (χ0v) is 15.5. The van der Waals surface area contributed by atoms with Crippen molar-refractivity contribution in [2.45, 2.75) is 25.8 Å². The Hall–Kier alpha value is -3.48. The number of amides is 2. The van der Waals surface area contributed by atoms with Crippen LogP contribution in [0.3, 0.4) is 0 Å². The maximum absolute atomic E-state index is 12.8. The molecule has 0 bridgehead atoms. The van der Waals surface area contributed by atoms with E-state index in [1.54, 1.807) is 29.2 Å². The van der Waals surface area contributed by atoms with Crippen molar-refractivity contribution in [3.05, 3.63) is 66.1 Å². The van der Waals surface area contributed by atoms with Crippen molar-refractivity contribution in [2.75, 3.05) is 11.9 Å². The van der Waals surface area contributed by atoms with Gasteiger partial charge in [0.1, 0.15) is 6.04 Å². The van der Waals surface area contributed by atoms with Crippen molar-refractivity contribution >= 4 is 17.5 Å². The molecule has 1 saturated heterocycles. The first-order valence-corrected chi connectivity index (χ1v) is 9.19. The van der Waals surface area contributed by atoms with Crippen molar-refractivity contribution in [2.24, 2.45) is 0 Å². The maximum Gasteiger partial charge on any atom is 0.322 e. The van der Waals surface area contributed by atoms with Gasteiger partial charge in [-0.3, -0.25) is 4.79 Å². The second-order valence-electron chi connectivity index (χ2n) is 6.74. The van der Waals surface area contributed by atoms with Crippen LogP contribution in [0.2, 0.25) is 0 Å². The number of likely N-dealkylation sites (tertiary alicyclic amines) is 1. The fraction of sp³-hybridized carbons (Fsp3) is 0.238. The van der Waals surface area contributed by atoms with Gasteiger partial charge in [-0.2, -0.15) is 4.98 Å². The van der Waals surface area contributed by atoms with Crippen LogP contribution < -0.4 is 5.32 Å². The first-order valence-electron chi connectivity index (χ1n) is 9.19. The zero-order chi connectivity index (χ0) is 19.5. The van der Waals surface area contributed by atoms with E-state index in [1.165, 1.54) is 6.92 Å². The summed E-state index contributed by atoms with van der Waals surface area (Å²) in [6.07, 6.45) is 1.64. The number of anilines is 1. The van der Waals surface area contributed by atoms with Crippen LogP contribution in [-0.2, 0) is 0 Å². The van der Waals surface area contributed by atoms with Gasteiger partial charge in [0, 0.05) is 23.4 Å². The summed E-state index contributed by atoms with van der Waals surface area (Å²) in [5.74, 6) is 0.948. The molecule has 7 nitrogen and oxygen atoms in total. The molecule has 1 aliphatic heterocycles. The molecule has 1 fully saturated rings. The Labute approximate surface area is 162 Å². The van der Waals surface area contributed by atoms with Gasteiger partial charge < -0.3 is 14.7 Å². The molecule has 1 aromatic heterocycles. The van der Waals surface area contributed by atoms with E-state index >= 15 is 0 Å². The molecule has 0 radical (unpaired) electrons. The number of carbonyl (C=O) groups is 2. The van der Waals surface area contributed by atoms with Gasteiger partial charge in [-0.1, -0.05) is 35.5 Å². The number of hydrogen-bond donors (Lipinski definition) is 1. The molecule has 1 atom stereocenters. The van der Waals surface area contributed by atoms with E-state index in [2.05, 4.69) is 15.5 Å². The number of hydrogen-bond acceptors (Lipinski definition) is 5. The third kappa shape index (κ3) is 3.64. The third-order valence-electron chi connectivity index (χ3n) is 4.82. The van der Waals surface area contributed by atoms with Crippen LogP contribution in [-0.4, -0.2) is 33.4 Å². The van der Waals surface area contributed by atoms with Crippen LogP contribution in [0.25, 0.3) is 11.4 Å². The average molecular weight is 376 g/mol. The summed E-state index contributed by atoms with van der Waals surface area (Å²) in [5.41, 5.74) is 2.12. The van der Waals surface area contributed by atoms with Gasteiger partial charge in [0.15, 0.2) is 5.78 Å². The lowest BCUT2D eigenvalue weighted by Crippen LogP contribution is -2.34. The number of benzene rings is 2. The quantitative estimate of drug-likeness (QED) is 0.686. The van der Waals surface area contributed by atoms with Crippen LogP contribution >= 0.6 is 0 Å². The highest BCUT2D eigenvalue weighted by atomic mass is 16.5. The summed E-state index contributed by atoms with van der Waals surface area (Å²) >= 11 is 0. The smallest absolute Gasteiger partial charge is 0.322 e. The first kappa shape index (κ1) is 17.9. The second kappa shape index (κ2) is 7.64. The Morgan fingerprint density at radius 1 is 1.11 bits per heavy atom. The highest BCUT2D eigenvalue weighted by molar-refractivity contribution is 5.95. The van der Waals surface area contributed by atoms with E-state index in [9.17, 15) is 9.59 Å². The molecule has 0 saturated carbocycles. The molecule has 0 aliphatic carbocycles. The Balaban J connectivity index is 1.48. The molecule has 1 N–H and O–H groups in total. The highest BCUT2D eigenvalue weighted by Crippen LogP contribution is 2.32. The van der Waals surface area contributed by atoms with Gasteiger partial charge in [0.2, 0.25) is 11.7 Å². The SMILES string of the molecule is CC(=O)c1ccc(NC(=O)N2CCC[C@H]2c2nc(-c3ccccc3)no2)cc1. The minimum Gasteiger partial charge on any atom is -0.337 e. The molecule has 0 spiro atoms. The van der Waals surface area contributed by atoms with E-state index in [4.69, 9.17) is 4.52 Å². The lowest BCUT2D eigenvalue weighted by atomic mass is 10.1. The second-order valence-corrected chi connectivity index (χ2v) is 6.74. The fourth-order valence-corrected chi connectivity index (χ4v) is 3.33. The summed E-state index contributed by atoms with van der Waals surface area (Å²) in [5, 5.41) is 6.93. The Kier molecular flexibility index (Phi) is 4.89. The third-order valence-corrected chi connectivity index (χ3v) is 4.82. The van der Waals surface area contributed by atoms with Gasteiger partial charge in [-0.05, 0) is 44.0 Å². The first-order chi connectivity index (χ1) is 13.6. The van der Waals surface area contributed by atoms with E-state index in [1.807, 2.05) is 30.3 Å². The minimum atomic E-state index is -0.249. The Morgan fingerprint density at radius 3 is 2.57 bits per heavy atom. The van der Waals surface area contributed by atoms with E-state index < -0.39 is 0 Å². The maximum atomic E-state index is 12.8. The lowest BCUT2D eigenvalue weighted by molar-refractivity contribution is 0.101. The molecule has 3 aromatic rings. The van der Waals surface area contributed by atoms with E-state index in [0.717, 1.165) is 18.4 Å². The fourth-order valence-electron chi connectivity index (χ4n) is 3.33. The van der Waals surface area contributed by atoms with Crippen molar-refractivity contribution in [1.82, 2.24) is 15.0 Å². The van der Waals surface area contributed by atoms with Gasteiger partial charge in [0.25, 0.3) is 0 Å². The standard InChI is InChI=1S/C21H20N4O3/c1-14(26)15-9-11-17(12-10-15)22-21(27)25-13-5-8-18(25)20-23-19(24-28-20)16-6-3-2-4-7-16/h2-4,6-7,9-12,18H,5,8,13H2,1H3,(H,22,27)/t18-/m0/s1. The van der Waals surface area contributed by atoms with E-state index in [0.29, 0.717) is 29.5 Å². The summed E-state index contributed by atoms with van der Waals surface area (Å²) in [4.78, 5) is 30.3.